The van der Waals surface area contributed by atoms with Crippen LogP contribution in [0.5, 0.6) is 17.2 Å². The predicted octanol–water partition coefficient (Wildman–Crippen LogP) is 0.922. The highest BCUT2D eigenvalue weighted by Crippen LogP contribution is 2.34. The van der Waals surface area contributed by atoms with Crippen molar-refractivity contribution in [1.29, 1.82) is 0 Å². The van der Waals surface area contributed by atoms with Gasteiger partial charge in [-0.15, -0.1) is 0 Å². The van der Waals surface area contributed by atoms with Crippen LogP contribution in [-0.4, -0.2) is 45.4 Å². The van der Waals surface area contributed by atoms with Crippen molar-refractivity contribution in [3.8, 4) is 17.2 Å². The summed E-state index contributed by atoms with van der Waals surface area (Å²) in [5.74, 6) is -3.68. The molecule has 2 unspecified atom stereocenters. The average molecular weight is 324 g/mol. The Balaban J connectivity index is 3.08. The van der Waals surface area contributed by atoms with Crippen LogP contribution >= 0.6 is 0 Å². The molecular weight excluding hydrogens is 311 g/mol. The van der Waals surface area contributed by atoms with Crippen LogP contribution in [0, 0.1) is 0 Å². The number of esters is 1. The lowest BCUT2D eigenvalue weighted by Crippen LogP contribution is -2.43. The number of ether oxygens (including phenoxy) is 1. The summed E-state index contributed by atoms with van der Waals surface area (Å²) in [7, 11) is -5.17. The van der Waals surface area contributed by atoms with Gasteiger partial charge in [0, 0.05) is 12.1 Å². The molecule has 0 heterocycles. The lowest BCUT2D eigenvalue weighted by atomic mass is 10.1. The fraction of sp³-hybridized carbons (Fsp3) is 0.364. The summed E-state index contributed by atoms with van der Waals surface area (Å²) < 4.78 is 48.7. The van der Waals surface area contributed by atoms with Crippen LogP contribution in [0.15, 0.2) is 12.1 Å². The van der Waals surface area contributed by atoms with Gasteiger partial charge in [0.2, 0.25) is 0 Å². The monoisotopic (exact) mass is 324 g/mol. The van der Waals surface area contributed by atoms with Crippen LogP contribution in [-0.2, 0) is 14.9 Å². The second-order valence-electron chi connectivity index (χ2n) is 4.37. The number of phenols is 3. The first kappa shape index (κ1) is 17.0. The fourth-order valence-corrected chi connectivity index (χ4v) is 1.81. The first-order valence-corrected chi connectivity index (χ1v) is 6.93. The molecule has 21 heavy (non-hydrogen) atoms. The molecule has 0 fully saturated rings. The van der Waals surface area contributed by atoms with Crippen molar-refractivity contribution >= 4 is 16.1 Å². The normalized spacial score (nSPS) is 16.0. The Morgan fingerprint density at radius 2 is 1.71 bits per heavy atom. The Morgan fingerprint density at radius 3 is 2.10 bits per heavy atom. The first-order chi connectivity index (χ1) is 9.37. The Labute approximate surface area is 119 Å². The zero-order chi connectivity index (χ0) is 16.6. The summed E-state index contributed by atoms with van der Waals surface area (Å²) in [5.41, 5.74) is -0.786. The van der Waals surface area contributed by atoms with Gasteiger partial charge in [-0.05, 0) is 13.8 Å². The molecule has 0 aliphatic heterocycles. The number of rotatable bonds is 4. The topological polar surface area (TPSA) is 141 Å². The van der Waals surface area contributed by atoms with Crippen LogP contribution in [0.4, 0.5) is 4.39 Å². The van der Waals surface area contributed by atoms with Gasteiger partial charge in [-0.1, -0.05) is 0 Å². The van der Waals surface area contributed by atoms with Crippen LogP contribution < -0.4 is 0 Å². The van der Waals surface area contributed by atoms with Gasteiger partial charge in [-0.25, -0.2) is 9.18 Å². The number of benzene rings is 1. The molecule has 1 rings (SSSR count). The molecule has 0 amide bonds. The number of alkyl halides is 1. The van der Waals surface area contributed by atoms with Gasteiger partial charge in [0.15, 0.2) is 0 Å². The quantitative estimate of drug-likeness (QED) is 0.473. The van der Waals surface area contributed by atoms with Crippen LogP contribution in [0.25, 0.3) is 0 Å². The van der Waals surface area contributed by atoms with Crippen molar-refractivity contribution in [2.75, 3.05) is 0 Å². The highest BCUT2D eigenvalue weighted by Gasteiger charge is 2.46. The number of carbonyl (C=O) groups excluding carboxylic acids is 1. The van der Waals surface area contributed by atoms with E-state index in [4.69, 9.17) is 9.66 Å². The van der Waals surface area contributed by atoms with E-state index in [9.17, 15) is 27.8 Å². The molecule has 118 valence electrons. The lowest BCUT2D eigenvalue weighted by molar-refractivity contribution is 0.00344. The van der Waals surface area contributed by atoms with E-state index in [-0.39, 0.29) is 0 Å². The van der Waals surface area contributed by atoms with E-state index in [1.807, 2.05) is 0 Å². The summed E-state index contributed by atoms with van der Waals surface area (Å²) in [5, 5.41) is 24.7. The van der Waals surface area contributed by atoms with Crippen LogP contribution in [0.3, 0.4) is 0 Å². The molecule has 2 atom stereocenters. The minimum Gasteiger partial charge on any atom is -0.508 e. The molecule has 0 spiro atoms. The number of phenolic OH excluding ortho intramolecular Hbond substituents is 3. The molecule has 0 saturated heterocycles. The van der Waals surface area contributed by atoms with Gasteiger partial charge >= 0.3 is 16.1 Å². The van der Waals surface area contributed by atoms with Gasteiger partial charge in [-0.2, -0.15) is 8.42 Å². The number of hydrogen-bond donors (Lipinski definition) is 4. The number of aromatic hydroxyl groups is 3. The van der Waals surface area contributed by atoms with Gasteiger partial charge in [0.1, 0.15) is 28.9 Å². The zero-order valence-electron chi connectivity index (χ0n) is 10.9. The summed E-state index contributed by atoms with van der Waals surface area (Å²) in [6.07, 6.45) is -1.94. The van der Waals surface area contributed by atoms with Crippen molar-refractivity contribution in [2.24, 2.45) is 0 Å². The minimum atomic E-state index is -5.17. The molecule has 8 nitrogen and oxygen atoms in total. The van der Waals surface area contributed by atoms with Crippen molar-refractivity contribution in [3.05, 3.63) is 17.7 Å². The Kier molecular flexibility index (Phi) is 4.34. The molecule has 1 aromatic rings. The minimum absolute atomic E-state index is 0.483. The summed E-state index contributed by atoms with van der Waals surface area (Å²) >= 11 is 0. The standard InChI is InChI=1S/C11H13FO8S/c1-5(11(2,12)21(17,18)19)20-10(16)9-7(14)3-6(13)4-8(9)15/h3-5,13-15H,1-2H3,(H,17,18,19). The van der Waals surface area contributed by atoms with Gasteiger partial charge < -0.3 is 20.1 Å². The number of halogens is 1. The van der Waals surface area contributed by atoms with E-state index >= 15 is 0 Å². The van der Waals surface area contributed by atoms with Gasteiger partial charge in [-0.3, -0.25) is 4.55 Å². The Morgan fingerprint density at radius 1 is 1.29 bits per heavy atom. The van der Waals surface area contributed by atoms with Crippen molar-refractivity contribution in [2.45, 2.75) is 25.0 Å². The smallest absolute Gasteiger partial charge is 0.346 e. The second-order valence-corrected chi connectivity index (χ2v) is 6.12. The zero-order valence-corrected chi connectivity index (χ0v) is 11.8. The molecule has 0 saturated carbocycles. The highest BCUT2D eigenvalue weighted by molar-refractivity contribution is 7.87. The molecule has 0 radical (unpaired) electrons. The maximum Gasteiger partial charge on any atom is 0.346 e. The largest absolute Gasteiger partial charge is 0.508 e. The molecule has 10 heteroatoms. The van der Waals surface area contributed by atoms with Crippen molar-refractivity contribution in [3.63, 3.8) is 0 Å². The van der Waals surface area contributed by atoms with E-state index in [2.05, 4.69) is 4.74 Å². The Bertz CT molecular complexity index is 644. The summed E-state index contributed by atoms with van der Waals surface area (Å²) in [6.45, 7) is 1.34. The molecule has 4 N–H and O–H groups in total. The maximum atomic E-state index is 13.9. The fourth-order valence-electron chi connectivity index (χ4n) is 1.34. The second kappa shape index (κ2) is 5.37. The maximum absolute atomic E-state index is 13.9. The van der Waals surface area contributed by atoms with Gasteiger partial charge in [0.25, 0.3) is 5.00 Å². The summed E-state index contributed by atoms with van der Waals surface area (Å²) in [4.78, 5) is 11.7. The molecule has 0 bridgehead atoms. The third-order valence-corrected chi connectivity index (χ3v) is 4.14. The van der Waals surface area contributed by atoms with E-state index in [0.29, 0.717) is 6.92 Å². The SMILES string of the molecule is CC(OC(=O)c1c(O)cc(O)cc1O)C(C)(F)S(=O)(=O)O. The van der Waals surface area contributed by atoms with Crippen molar-refractivity contribution in [1.82, 2.24) is 0 Å². The average Bonchev–Trinajstić information content (AvgIpc) is 2.25. The third kappa shape index (κ3) is 3.34. The van der Waals surface area contributed by atoms with Crippen LogP contribution in [0.2, 0.25) is 0 Å². The molecular formula is C11H13FO8S. The predicted molar refractivity (Wildman–Crippen MR) is 67.4 cm³/mol. The van der Waals surface area contributed by atoms with E-state index in [1.54, 1.807) is 0 Å². The van der Waals surface area contributed by atoms with Gasteiger partial charge in [0.05, 0.1) is 0 Å². The molecule has 0 aromatic heterocycles. The van der Waals surface area contributed by atoms with Crippen LogP contribution in [0.1, 0.15) is 24.2 Å². The number of hydrogen-bond acceptors (Lipinski definition) is 7. The van der Waals surface area contributed by atoms with E-state index in [0.717, 1.165) is 19.1 Å². The first-order valence-electron chi connectivity index (χ1n) is 5.49. The summed E-state index contributed by atoms with van der Waals surface area (Å²) in [6, 6.07) is 1.44. The van der Waals surface area contributed by atoms with E-state index < -0.39 is 50.0 Å². The highest BCUT2D eigenvalue weighted by atomic mass is 32.2. The lowest BCUT2D eigenvalue weighted by Gasteiger charge is -2.24. The number of carbonyl (C=O) groups is 1. The molecule has 0 aliphatic carbocycles. The molecule has 1 aromatic carbocycles. The Hall–Kier alpha value is -2.07. The molecule has 0 aliphatic rings. The van der Waals surface area contributed by atoms with Crippen molar-refractivity contribution < 1.29 is 42.2 Å². The van der Waals surface area contributed by atoms with E-state index in [1.165, 1.54) is 0 Å². The third-order valence-electron chi connectivity index (χ3n) is 2.80.